The van der Waals surface area contributed by atoms with Crippen LogP contribution >= 0.6 is 0 Å². The molecule has 0 spiro atoms. The van der Waals surface area contributed by atoms with Gasteiger partial charge in [0.25, 0.3) is 0 Å². The highest BCUT2D eigenvalue weighted by atomic mass is 16.5. The monoisotopic (exact) mass is 312 g/mol. The fourth-order valence-electron chi connectivity index (χ4n) is 2.43. The second-order valence-electron chi connectivity index (χ2n) is 4.96. The number of rotatable bonds is 4. The number of hydrogen-bond acceptors (Lipinski definition) is 5. The summed E-state index contributed by atoms with van der Waals surface area (Å²) in [5.74, 6) is 0.996. The van der Waals surface area contributed by atoms with Crippen molar-refractivity contribution in [3.05, 3.63) is 52.9 Å². The van der Waals surface area contributed by atoms with Gasteiger partial charge in [0.2, 0.25) is 5.43 Å². The van der Waals surface area contributed by atoms with Crippen molar-refractivity contribution in [2.75, 3.05) is 13.7 Å². The summed E-state index contributed by atoms with van der Waals surface area (Å²) in [5.41, 5.74) is 1.06. The van der Waals surface area contributed by atoms with E-state index in [1.54, 1.807) is 37.4 Å². The molecule has 1 aromatic heterocycles. The van der Waals surface area contributed by atoms with Gasteiger partial charge in [-0.2, -0.15) is 0 Å². The predicted octanol–water partition coefficient (Wildman–Crippen LogP) is 3.57. The summed E-state index contributed by atoms with van der Waals surface area (Å²) >= 11 is 0. The molecule has 0 saturated carbocycles. The van der Waals surface area contributed by atoms with Crippen LogP contribution in [-0.2, 0) is 0 Å². The lowest BCUT2D eigenvalue weighted by atomic mass is 10.0. The van der Waals surface area contributed by atoms with E-state index in [9.17, 15) is 9.90 Å². The molecule has 0 aliphatic carbocycles. The molecule has 5 nitrogen and oxygen atoms in total. The van der Waals surface area contributed by atoms with Crippen LogP contribution in [0.25, 0.3) is 22.1 Å². The van der Waals surface area contributed by atoms with Crippen LogP contribution in [0.5, 0.6) is 17.2 Å². The van der Waals surface area contributed by atoms with Crippen LogP contribution in [0.3, 0.4) is 0 Å². The fourth-order valence-corrected chi connectivity index (χ4v) is 2.43. The van der Waals surface area contributed by atoms with Crippen molar-refractivity contribution in [3.63, 3.8) is 0 Å². The third-order valence-corrected chi connectivity index (χ3v) is 3.54. The maximum absolute atomic E-state index is 12.7. The topological polar surface area (TPSA) is 68.9 Å². The molecule has 1 N–H and O–H groups in total. The number of ether oxygens (including phenoxy) is 2. The van der Waals surface area contributed by atoms with Crippen LogP contribution in [-0.4, -0.2) is 18.8 Å². The quantitative estimate of drug-likeness (QED) is 0.797. The SMILES string of the molecule is CCOc1cc(O)c2c(=O)c(-c3ccc(OC)cc3)coc2c1. The second-order valence-corrected chi connectivity index (χ2v) is 4.96. The molecule has 0 aliphatic rings. The highest BCUT2D eigenvalue weighted by Gasteiger charge is 2.14. The molecular weight excluding hydrogens is 296 g/mol. The molecule has 0 bridgehead atoms. The maximum atomic E-state index is 12.7. The van der Waals surface area contributed by atoms with Gasteiger partial charge in [-0.1, -0.05) is 12.1 Å². The Morgan fingerprint density at radius 3 is 2.52 bits per heavy atom. The van der Waals surface area contributed by atoms with E-state index in [2.05, 4.69) is 0 Å². The second kappa shape index (κ2) is 6.04. The molecule has 5 heteroatoms. The summed E-state index contributed by atoms with van der Waals surface area (Å²) in [6, 6.07) is 10.1. The molecule has 0 fully saturated rings. The lowest BCUT2D eigenvalue weighted by Gasteiger charge is -2.08. The van der Waals surface area contributed by atoms with Gasteiger partial charge in [0.15, 0.2) is 0 Å². The van der Waals surface area contributed by atoms with Gasteiger partial charge in [0.05, 0.1) is 19.3 Å². The lowest BCUT2D eigenvalue weighted by molar-refractivity contribution is 0.338. The van der Waals surface area contributed by atoms with E-state index in [1.807, 2.05) is 6.92 Å². The molecule has 0 aliphatic heterocycles. The molecule has 2 aromatic carbocycles. The number of methoxy groups -OCH3 is 1. The normalized spacial score (nSPS) is 10.7. The smallest absolute Gasteiger partial charge is 0.204 e. The van der Waals surface area contributed by atoms with E-state index in [1.165, 1.54) is 12.3 Å². The van der Waals surface area contributed by atoms with Gasteiger partial charge in [-0.15, -0.1) is 0 Å². The third-order valence-electron chi connectivity index (χ3n) is 3.54. The van der Waals surface area contributed by atoms with Gasteiger partial charge >= 0.3 is 0 Å². The summed E-state index contributed by atoms with van der Waals surface area (Å²) in [7, 11) is 1.58. The molecule has 3 aromatic rings. The minimum Gasteiger partial charge on any atom is -0.507 e. The first kappa shape index (κ1) is 15.0. The molecule has 0 saturated heterocycles. The molecule has 3 rings (SSSR count). The minimum absolute atomic E-state index is 0.141. The van der Waals surface area contributed by atoms with E-state index in [4.69, 9.17) is 13.9 Å². The summed E-state index contributed by atoms with van der Waals surface area (Å²) < 4.78 is 16.0. The van der Waals surface area contributed by atoms with E-state index >= 15 is 0 Å². The van der Waals surface area contributed by atoms with Gasteiger partial charge in [-0.25, -0.2) is 0 Å². The standard InChI is InChI=1S/C18H16O5/c1-3-22-13-8-15(19)17-16(9-13)23-10-14(18(17)20)11-4-6-12(21-2)7-5-11/h4-10,19H,3H2,1-2H3. The predicted molar refractivity (Wildman–Crippen MR) is 87.3 cm³/mol. The molecule has 0 amide bonds. The Balaban J connectivity index is 2.16. The molecule has 0 atom stereocenters. The van der Waals surface area contributed by atoms with Crippen LogP contribution in [0.2, 0.25) is 0 Å². The van der Waals surface area contributed by atoms with Crippen molar-refractivity contribution >= 4 is 11.0 Å². The van der Waals surface area contributed by atoms with E-state index in [0.717, 1.165) is 0 Å². The van der Waals surface area contributed by atoms with Crippen molar-refractivity contribution in [1.82, 2.24) is 0 Å². The van der Waals surface area contributed by atoms with Crippen molar-refractivity contribution in [2.45, 2.75) is 6.92 Å². The molecule has 118 valence electrons. The van der Waals surface area contributed by atoms with Gasteiger partial charge in [0, 0.05) is 12.1 Å². The fraction of sp³-hybridized carbons (Fsp3) is 0.167. The Morgan fingerprint density at radius 2 is 1.87 bits per heavy atom. The van der Waals surface area contributed by atoms with Gasteiger partial charge in [-0.3, -0.25) is 4.79 Å². The summed E-state index contributed by atoms with van der Waals surface area (Å²) in [5, 5.41) is 10.3. The molecule has 23 heavy (non-hydrogen) atoms. The van der Waals surface area contributed by atoms with Gasteiger partial charge in [0.1, 0.15) is 34.5 Å². The van der Waals surface area contributed by atoms with Crippen molar-refractivity contribution in [2.24, 2.45) is 0 Å². The minimum atomic E-state index is -0.294. The van der Waals surface area contributed by atoms with Crippen LogP contribution in [0.1, 0.15) is 6.92 Å². The highest BCUT2D eigenvalue weighted by molar-refractivity contribution is 5.88. The van der Waals surface area contributed by atoms with Crippen LogP contribution in [0, 0.1) is 0 Å². The molecule has 0 unspecified atom stereocenters. The van der Waals surface area contributed by atoms with E-state index < -0.39 is 0 Å². The maximum Gasteiger partial charge on any atom is 0.204 e. The zero-order valence-corrected chi connectivity index (χ0v) is 12.8. The van der Waals surface area contributed by atoms with Crippen molar-refractivity contribution in [3.8, 4) is 28.4 Å². The van der Waals surface area contributed by atoms with Crippen LogP contribution in [0.4, 0.5) is 0 Å². The number of phenols is 1. The summed E-state index contributed by atoms with van der Waals surface area (Å²) in [4.78, 5) is 12.7. The Morgan fingerprint density at radius 1 is 1.13 bits per heavy atom. The first-order valence-electron chi connectivity index (χ1n) is 7.19. The molecule has 1 heterocycles. The van der Waals surface area contributed by atoms with E-state index in [0.29, 0.717) is 29.2 Å². The first-order valence-corrected chi connectivity index (χ1v) is 7.19. The average molecular weight is 312 g/mol. The zero-order chi connectivity index (χ0) is 16.4. The Bertz CT molecular complexity index is 894. The van der Waals surface area contributed by atoms with Crippen LogP contribution < -0.4 is 14.9 Å². The average Bonchev–Trinajstić information content (AvgIpc) is 2.55. The third kappa shape index (κ3) is 2.73. The van der Waals surface area contributed by atoms with E-state index in [-0.39, 0.29) is 22.1 Å². The van der Waals surface area contributed by atoms with Gasteiger partial charge < -0.3 is 19.0 Å². The largest absolute Gasteiger partial charge is 0.507 e. The number of phenolic OH excluding ortho intramolecular Hbond substituents is 1. The Kier molecular flexibility index (Phi) is 3.93. The Hall–Kier alpha value is -2.95. The summed E-state index contributed by atoms with van der Waals surface area (Å²) in [6.45, 7) is 2.29. The molecule has 0 radical (unpaired) electrons. The number of benzene rings is 2. The number of aromatic hydroxyl groups is 1. The zero-order valence-electron chi connectivity index (χ0n) is 12.8. The van der Waals surface area contributed by atoms with Crippen LogP contribution in [0.15, 0.2) is 51.9 Å². The number of fused-ring (bicyclic) bond motifs is 1. The van der Waals surface area contributed by atoms with Crippen molar-refractivity contribution < 1.29 is 19.0 Å². The lowest BCUT2D eigenvalue weighted by Crippen LogP contribution is -2.05. The highest BCUT2D eigenvalue weighted by Crippen LogP contribution is 2.30. The molecular formula is C18H16O5. The summed E-state index contributed by atoms with van der Waals surface area (Å²) in [6.07, 6.45) is 1.39. The first-order chi connectivity index (χ1) is 11.1. The Labute approximate surface area is 132 Å². The van der Waals surface area contributed by atoms with Crippen molar-refractivity contribution in [1.29, 1.82) is 0 Å². The van der Waals surface area contributed by atoms with Gasteiger partial charge in [-0.05, 0) is 24.6 Å². The number of hydrogen-bond donors (Lipinski definition) is 1.